The highest BCUT2D eigenvalue weighted by molar-refractivity contribution is 6.35. The number of furan rings is 1. The Balaban J connectivity index is 2.05. The second-order valence-corrected chi connectivity index (χ2v) is 2.94. The first-order chi connectivity index (χ1) is 7.27. The van der Waals surface area contributed by atoms with Gasteiger partial charge in [-0.3, -0.25) is 9.59 Å². The smallest absolute Gasteiger partial charge is 0.331 e. The standard InChI is InChI=1S/C9H9N3O3/c13-8-9(14)12(4-3-10-8)11-6-7-2-1-5-15-7/h1-2,5-6H,3-4H2,(H,10,13). The zero-order chi connectivity index (χ0) is 10.7. The van der Waals surface area contributed by atoms with E-state index in [1.165, 1.54) is 12.5 Å². The summed E-state index contributed by atoms with van der Waals surface area (Å²) >= 11 is 0. The third-order valence-corrected chi connectivity index (χ3v) is 1.91. The summed E-state index contributed by atoms with van der Waals surface area (Å²) in [5, 5.41) is 7.40. The summed E-state index contributed by atoms with van der Waals surface area (Å²) in [4.78, 5) is 22.2. The molecular formula is C9H9N3O3. The molecule has 1 N–H and O–H groups in total. The summed E-state index contributed by atoms with van der Waals surface area (Å²) in [6, 6.07) is 3.42. The molecule has 2 rings (SSSR count). The Labute approximate surface area is 85.5 Å². The van der Waals surface area contributed by atoms with Crippen LogP contribution < -0.4 is 5.32 Å². The van der Waals surface area contributed by atoms with Gasteiger partial charge < -0.3 is 9.73 Å². The zero-order valence-electron chi connectivity index (χ0n) is 7.84. The van der Waals surface area contributed by atoms with Crippen LogP contribution in [-0.4, -0.2) is 36.1 Å². The second kappa shape index (κ2) is 3.95. The first kappa shape index (κ1) is 9.45. The molecule has 1 aromatic rings. The number of piperazine rings is 1. The van der Waals surface area contributed by atoms with E-state index in [0.717, 1.165) is 5.01 Å². The van der Waals surface area contributed by atoms with Crippen LogP contribution in [0, 0.1) is 0 Å². The molecule has 0 atom stereocenters. The van der Waals surface area contributed by atoms with Crippen molar-refractivity contribution >= 4 is 18.0 Å². The Morgan fingerprint density at radius 1 is 1.53 bits per heavy atom. The van der Waals surface area contributed by atoms with Gasteiger partial charge >= 0.3 is 11.8 Å². The first-order valence-corrected chi connectivity index (χ1v) is 4.44. The third kappa shape index (κ3) is 2.04. The minimum absolute atomic E-state index is 0.377. The monoisotopic (exact) mass is 207 g/mol. The molecule has 0 bridgehead atoms. The van der Waals surface area contributed by atoms with Crippen LogP contribution in [0.3, 0.4) is 0 Å². The fourth-order valence-electron chi connectivity index (χ4n) is 1.17. The predicted octanol–water partition coefficient (Wildman–Crippen LogP) is -0.428. The molecule has 0 aromatic carbocycles. The summed E-state index contributed by atoms with van der Waals surface area (Å²) in [6.45, 7) is 0.794. The van der Waals surface area contributed by atoms with Gasteiger partial charge in [0.05, 0.1) is 19.0 Å². The molecule has 1 aliphatic heterocycles. The number of nitrogens with zero attached hydrogens (tertiary/aromatic N) is 2. The average Bonchev–Trinajstić information content (AvgIpc) is 2.73. The van der Waals surface area contributed by atoms with Crippen molar-refractivity contribution in [3.8, 4) is 0 Å². The van der Waals surface area contributed by atoms with Crippen LogP contribution in [0.2, 0.25) is 0 Å². The average molecular weight is 207 g/mol. The molecule has 6 heteroatoms. The van der Waals surface area contributed by atoms with Crippen molar-refractivity contribution in [2.24, 2.45) is 5.10 Å². The molecule has 1 aliphatic rings. The molecule has 78 valence electrons. The molecule has 1 fully saturated rings. The summed E-state index contributed by atoms with van der Waals surface area (Å²) in [7, 11) is 0. The van der Waals surface area contributed by atoms with Crippen molar-refractivity contribution in [3.05, 3.63) is 24.2 Å². The Kier molecular flexibility index (Phi) is 2.49. The van der Waals surface area contributed by atoms with E-state index in [1.807, 2.05) is 0 Å². The largest absolute Gasteiger partial charge is 0.463 e. The van der Waals surface area contributed by atoms with E-state index >= 15 is 0 Å². The van der Waals surface area contributed by atoms with Gasteiger partial charge in [-0.25, -0.2) is 5.01 Å². The first-order valence-electron chi connectivity index (χ1n) is 4.44. The highest BCUT2D eigenvalue weighted by atomic mass is 16.3. The van der Waals surface area contributed by atoms with Gasteiger partial charge in [-0.05, 0) is 12.1 Å². The number of carbonyl (C=O) groups excluding carboxylic acids is 2. The van der Waals surface area contributed by atoms with Crippen LogP contribution in [0.5, 0.6) is 0 Å². The molecule has 6 nitrogen and oxygen atoms in total. The molecule has 0 spiro atoms. The Bertz CT molecular complexity index is 397. The summed E-state index contributed by atoms with van der Waals surface area (Å²) in [5.41, 5.74) is 0. The Morgan fingerprint density at radius 2 is 2.40 bits per heavy atom. The maximum atomic E-state index is 11.3. The number of rotatable bonds is 2. The van der Waals surface area contributed by atoms with Crippen LogP contribution in [-0.2, 0) is 9.59 Å². The minimum Gasteiger partial charge on any atom is -0.463 e. The molecule has 0 radical (unpaired) electrons. The molecule has 2 amide bonds. The molecule has 1 saturated heterocycles. The minimum atomic E-state index is -0.649. The van der Waals surface area contributed by atoms with Crippen LogP contribution in [0.4, 0.5) is 0 Å². The van der Waals surface area contributed by atoms with Gasteiger partial charge in [-0.15, -0.1) is 0 Å². The zero-order valence-corrected chi connectivity index (χ0v) is 7.84. The van der Waals surface area contributed by atoms with Gasteiger partial charge in [0.25, 0.3) is 0 Å². The number of hydrogen-bond acceptors (Lipinski definition) is 4. The van der Waals surface area contributed by atoms with Crippen molar-refractivity contribution in [2.45, 2.75) is 0 Å². The highest BCUT2D eigenvalue weighted by Crippen LogP contribution is 1.99. The lowest BCUT2D eigenvalue weighted by molar-refractivity contribution is -0.148. The summed E-state index contributed by atoms with van der Waals surface area (Å²) < 4.78 is 5.00. The topological polar surface area (TPSA) is 74.9 Å². The van der Waals surface area contributed by atoms with E-state index in [9.17, 15) is 9.59 Å². The van der Waals surface area contributed by atoms with Crippen LogP contribution in [0.1, 0.15) is 5.76 Å². The summed E-state index contributed by atoms with van der Waals surface area (Å²) in [5.74, 6) is -0.740. The van der Waals surface area contributed by atoms with E-state index < -0.39 is 11.8 Å². The lowest BCUT2D eigenvalue weighted by atomic mass is 10.4. The molecule has 1 aromatic heterocycles. The second-order valence-electron chi connectivity index (χ2n) is 2.94. The molecule has 2 heterocycles. The maximum absolute atomic E-state index is 11.3. The SMILES string of the molecule is O=C1NCCN(N=Cc2ccco2)C1=O. The Morgan fingerprint density at radius 3 is 3.13 bits per heavy atom. The fourth-order valence-corrected chi connectivity index (χ4v) is 1.17. The Hall–Kier alpha value is -2.11. The number of amides is 2. The molecule has 0 aliphatic carbocycles. The van der Waals surface area contributed by atoms with Gasteiger partial charge in [0.1, 0.15) is 5.76 Å². The van der Waals surface area contributed by atoms with E-state index in [4.69, 9.17) is 4.42 Å². The van der Waals surface area contributed by atoms with E-state index in [-0.39, 0.29) is 0 Å². The van der Waals surface area contributed by atoms with E-state index in [1.54, 1.807) is 12.1 Å². The van der Waals surface area contributed by atoms with Crippen molar-refractivity contribution in [1.82, 2.24) is 10.3 Å². The lowest BCUT2D eigenvalue weighted by Gasteiger charge is -2.20. The van der Waals surface area contributed by atoms with Crippen molar-refractivity contribution < 1.29 is 14.0 Å². The van der Waals surface area contributed by atoms with E-state index in [2.05, 4.69) is 10.4 Å². The number of carbonyl (C=O) groups is 2. The van der Waals surface area contributed by atoms with Gasteiger partial charge in [-0.1, -0.05) is 0 Å². The van der Waals surface area contributed by atoms with Crippen LogP contribution in [0.15, 0.2) is 27.9 Å². The maximum Gasteiger partial charge on any atom is 0.331 e. The van der Waals surface area contributed by atoms with Crippen molar-refractivity contribution in [2.75, 3.05) is 13.1 Å². The highest BCUT2D eigenvalue weighted by Gasteiger charge is 2.25. The van der Waals surface area contributed by atoms with Crippen molar-refractivity contribution in [3.63, 3.8) is 0 Å². The number of hydrogen-bond donors (Lipinski definition) is 1. The third-order valence-electron chi connectivity index (χ3n) is 1.91. The van der Waals surface area contributed by atoms with E-state index in [0.29, 0.717) is 18.8 Å². The van der Waals surface area contributed by atoms with Crippen molar-refractivity contribution in [1.29, 1.82) is 0 Å². The lowest BCUT2D eigenvalue weighted by Crippen LogP contribution is -2.49. The summed E-state index contributed by atoms with van der Waals surface area (Å²) in [6.07, 6.45) is 2.91. The molecule has 0 saturated carbocycles. The number of nitrogens with one attached hydrogen (secondary N) is 1. The normalized spacial score (nSPS) is 17.2. The number of hydrazone groups is 1. The van der Waals surface area contributed by atoms with Crippen LogP contribution >= 0.6 is 0 Å². The fraction of sp³-hybridized carbons (Fsp3) is 0.222. The quantitative estimate of drug-likeness (QED) is 0.528. The van der Waals surface area contributed by atoms with Crippen LogP contribution in [0.25, 0.3) is 0 Å². The molecular weight excluding hydrogens is 198 g/mol. The van der Waals surface area contributed by atoms with Gasteiger partial charge in [-0.2, -0.15) is 5.10 Å². The molecule has 0 unspecified atom stereocenters. The van der Waals surface area contributed by atoms with Gasteiger partial charge in [0, 0.05) is 6.54 Å². The van der Waals surface area contributed by atoms with Gasteiger partial charge in [0.15, 0.2) is 0 Å². The van der Waals surface area contributed by atoms with Gasteiger partial charge in [0.2, 0.25) is 0 Å². The predicted molar refractivity (Wildman–Crippen MR) is 51.0 cm³/mol. The molecule has 15 heavy (non-hydrogen) atoms.